The number of aryl methyl sites for hydroxylation is 1. The highest BCUT2D eigenvalue weighted by atomic mass is 16.7. The third-order valence-corrected chi connectivity index (χ3v) is 6.49. The monoisotopic (exact) mass is 544 g/mol. The number of carbonyl (C=O) groups is 3. The minimum absolute atomic E-state index is 0.210. The molecule has 1 aliphatic heterocycles. The number of aromatic nitrogens is 4. The van der Waals surface area contributed by atoms with Gasteiger partial charge in [0.2, 0.25) is 0 Å². The molecule has 4 aromatic rings. The Morgan fingerprint density at radius 3 is 2.30 bits per heavy atom. The van der Waals surface area contributed by atoms with Crippen LogP contribution in [0.15, 0.2) is 61.2 Å². The first kappa shape index (κ1) is 26.9. The van der Waals surface area contributed by atoms with Gasteiger partial charge in [0.1, 0.15) is 30.2 Å². The fraction of sp³-hybridized carbons (Fsp3) is 0.310. The van der Waals surface area contributed by atoms with E-state index >= 15 is 0 Å². The largest absolute Gasteiger partial charge is 0.463 e. The Hall–Kier alpha value is -4.64. The van der Waals surface area contributed by atoms with Crippen LogP contribution in [-0.4, -0.2) is 62.3 Å². The van der Waals surface area contributed by atoms with Crippen LogP contribution in [0.3, 0.4) is 0 Å². The van der Waals surface area contributed by atoms with E-state index in [0.29, 0.717) is 16.9 Å². The quantitative estimate of drug-likeness (QED) is 0.250. The highest BCUT2D eigenvalue weighted by Crippen LogP contribution is 2.38. The van der Waals surface area contributed by atoms with E-state index in [1.165, 1.54) is 33.4 Å². The maximum Gasteiger partial charge on any atom is 0.303 e. The van der Waals surface area contributed by atoms with Gasteiger partial charge in [0.15, 0.2) is 24.1 Å². The van der Waals surface area contributed by atoms with Gasteiger partial charge in [-0.3, -0.25) is 19.0 Å². The summed E-state index contributed by atoms with van der Waals surface area (Å²) in [5, 5.41) is 0. The second kappa shape index (κ2) is 11.2. The highest BCUT2D eigenvalue weighted by Gasteiger charge is 2.51. The molecular formula is C29H28N4O7. The summed E-state index contributed by atoms with van der Waals surface area (Å²) in [6.45, 7) is 5.53. The smallest absolute Gasteiger partial charge is 0.303 e. The molecule has 0 amide bonds. The van der Waals surface area contributed by atoms with Crippen LogP contribution in [0.5, 0.6) is 0 Å². The van der Waals surface area contributed by atoms with Crippen LogP contribution in [0.2, 0.25) is 0 Å². The summed E-state index contributed by atoms with van der Waals surface area (Å²) < 4.78 is 24.0. The first-order valence-corrected chi connectivity index (χ1v) is 12.7. The molecule has 1 unspecified atom stereocenters. The van der Waals surface area contributed by atoms with Gasteiger partial charge in [0, 0.05) is 26.3 Å². The Morgan fingerprint density at radius 1 is 0.875 bits per heavy atom. The maximum absolute atomic E-state index is 12.1. The number of hydrogen-bond acceptors (Lipinski definition) is 10. The second-order valence-electron chi connectivity index (χ2n) is 9.48. The molecule has 11 nitrogen and oxygen atoms in total. The van der Waals surface area contributed by atoms with Crippen molar-refractivity contribution in [1.29, 1.82) is 0 Å². The number of esters is 3. The lowest BCUT2D eigenvalue weighted by Gasteiger charge is -2.23. The van der Waals surface area contributed by atoms with Gasteiger partial charge in [-0.2, -0.15) is 0 Å². The number of rotatable bonds is 7. The van der Waals surface area contributed by atoms with Crippen LogP contribution in [-0.2, 0) is 33.3 Å². The Bertz CT molecular complexity index is 1570. The average molecular weight is 545 g/mol. The summed E-state index contributed by atoms with van der Waals surface area (Å²) in [6.07, 6.45) is -1.03. The molecule has 40 heavy (non-hydrogen) atoms. The molecule has 206 valence electrons. The number of fused-ring (bicyclic) bond motifs is 1. The Kier molecular flexibility index (Phi) is 7.56. The summed E-state index contributed by atoms with van der Waals surface area (Å²) >= 11 is 0. The van der Waals surface area contributed by atoms with E-state index in [1.807, 2.05) is 55.5 Å². The van der Waals surface area contributed by atoms with Crippen LogP contribution >= 0.6 is 0 Å². The molecule has 11 heteroatoms. The second-order valence-corrected chi connectivity index (χ2v) is 9.48. The van der Waals surface area contributed by atoms with Crippen molar-refractivity contribution in [3.8, 4) is 22.4 Å². The molecule has 0 N–H and O–H groups in total. The van der Waals surface area contributed by atoms with Crippen molar-refractivity contribution in [1.82, 2.24) is 19.5 Å². The highest BCUT2D eigenvalue weighted by molar-refractivity contribution is 5.93. The maximum atomic E-state index is 12.1. The predicted octanol–water partition coefficient (Wildman–Crippen LogP) is 3.79. The van der Waals surface area contributed by atoms with Crippen LogP contribution in [0.25, 0.3) is 33.5 Å². The number of ether oxygens (including phenoxy) is 4. The fourth-order valence-electron chi connectivity index (χ4n) is 4.88. The van der Waals surface area contributed by atoms with Crippen molar-refractivity contribution in [2.75, 3.05) is 6.61 Å². The Labute approximate surface area is 230 Å². The zero-order valence-electron chi connectivity index (χ0n) is 22.4. The number of imidazole rings is 1. The minimum atomic E-state index is -1.06. The lowest BCUT2D eigenvalue weighted by molar-refractivity contribution is -0.166. The summed E-state index contributed by atoms with van der Waals surface area (Å²) in [5.41, 5.74) is 5.46. The van der Waals surface area contributed by atoms with E-state index in [1.54, 1.807) is 4.57 Å². The van der Waals surface area contributed by atoms with Gasteiger partial charge < -0.3 is 18.9 Å². The third-order valence-electron chi connectivity index (χ3n) is 6.49. The lowest BCUT2D eigenvalue weighted by atomic mass is 9.95. The van der Waals surface area contributed by atoms with Crippen LogP contribution < -0.4 is 0 Å². The van der Waals surface area contributed by atoms with Crippen molar-refractivity contribution in [2.45, 2.75) is 52.2 Å². The van der Waals surface area contributed by atoms with Crippen molar-refractivity contribution in [3.05, 3.63) is 66.7 Å². The summed E-state index contributed by atoms with van der Waals surface area (Å²) in [5.74, 6) is -1.74. The number of hydrogen-bond donors (Lipinski definition) is 0. The Balaban J connectivity index is 1.61. The molecule has 0 saturated carbocycles. The summed E-state index contributed by atoms with van der Waals surface area (Å²) in [4.78, 5) is 49.2. The van der Waals surface area contributed by atoms with Gasteiger partial charge in [-0.25, -0.2) is 15.0 Å². The van der Waals surface area contributed by atoms with Crippen LogP contribution in [0.1, 0.15) is 32.6 Å². The van der Waals surface area contributed by atoms with Crippen molar-refractivity contribution < 1.29 is 33.3 Å². The first-order chi connectivity index (χ1) is 19.2. The van der Waals surface area contributed by atoms with Gasteiger partial charge in [-0.05, 0) is 24.1 Å². The lowest BCUT2D eigenvalue weighted by Crippen LogP contribution is -2.40. The molecule has 4 atom stereocenters. The molecule has 2 aromatic carbocycles. The topological polar surface area (TPSA) is 132 Å². The summed E-state index contributed by atoms with van der Waals surface area (Å²) in [7, 11) is 0. The molecule has 1 saturated heterocycles. The average Bonchev–Trinajstić information content (AvgIpc) is 3.48. The SMILES string of the molecule is CC(=O)OC[C@@H]1OC(n2cnc3c(-c4cc(C)ccc4-c4ccccc4)ncnc32)[C@@H](OC(C)=O)[C@@H]1OC(C)=O. The van der Waals surface area contributed by atoms with Crippen molar-refractivity contribution in [2.24, 2.45) is 0 Å². The van der Waals surface area contributed by atoms with Crippen LogP contribution in [0.4, 0.5) is 0 Å². The number of benzene rings is 2. The molecule has 0 bridgehead atoms. The van der Waals surface area contributed by atoms with E-state index in [-0.39, 0.29) is 6.61 Å². The zero-order valence-corrected chi connectivity index (χ0v) is 22.4. The molecule has 0 spiro atoms. The molecule has 1 aliphatic rings. The van der Waals surface area contributed by atoms with Gasteiger partial charge in [-0.1, -0.05) is 48.0 Å². The van der Waals surface area contributed by atoms with Crippen molar-refractivity contribution in [3.63, 3.8) is 0 Å². The van der Waals surface area contributed by atoms with E-state index in [2.05, 4.69) is 15.0 Å². The molecular weight excluding hydrogens is 516 g/mol. The van der Waals surface area contributed by atoms with Gasteiger partial charge in [0.25, 0.3) is 0 Å². The van der Waals surface area contributed by atoms with E-state index in [4.69, 9.17) is 18.9 Å². The zero-order chi connectivity index (χ0) is 28.4. The molecule has 3 heterocycles. The molecule has 2 aromatic heterocycles. The first-order valence-electron chi connectivity index (χ1n) is 12.7. The molecule has 0 aliphatic carbocycles. The summed E-state index contributed by atoms with van der Waals surface area (Å²) in [6, 6.07) is 16.1. The van der Waals surface area contributed by atoms with E-state index < -0.39 is 42.4 Å². The molecule has 0 radical (unpaired) electrons. The molecule has 1 fully saturated rings. The van der Waals surface area contributed by atoms with Gasteiger partial charge in [0.05, 0.1) is 6.33 Å². The number of carbonyl (C=O) groups excluding carboxylic acids is 3. The Morgan fingerprint density at radius 2 is 1.60 bits per heavy atom. The standard InChI is InChI=1S/C29H28N4O7/c1-16-10-11-21(20-8-6-5-7-9-20)22(12-16)24-25-28(31-14-30-24)33(15-32-25)29-27(39-19(4)36)26(38-18(3)35)23(40-29)13-37-17(2)34/h5-12,14-15,23,26-27,29H,13H2,1-4H3/t23-,26+,27-,29?/m0/s1. The molecule has 5 rings (SSSR count). The third kappa shape index (κ3) is 5.41. The van der Waals surface area contributed by atoms with Crippen molar-refractivity contribution >= 4 is 29.1 Å². The fourth-order valence-corrected chi connectivity index (χ4v) is 4.88. The van der Waals surface area contributed by atoms with Gasteiger partial charge >= 0.3 is 17.9 Å². The predicted molar refractivity (Wildman–Crippen MR) is 143 cm³/mol. The van der Waals surface area contributed by atoms with E-state index in [9.17, 15) is 14.4 Å². The normalized spacial score (nSPS) is 20.3. The van der Waals surface area contributed by atoms with E-state index in [0.717, 1.165) is 22.3 Å². The van der Waals surface area contributed by atoms with Crippen LogP contribution in [0, 0.1) is 6.92 Å². The minimum Gasteiger partial charge on any atom is -0.463 e. The van der Waals surface area contributed by atoms with Gasteiger partial charge in [-0.15, -0.1) is 0 Å². The number of nitrogens with zero attached hydrogens (tertiary/aromatic N) is 4.